The lowest BCUT2D eigenvalue weighted by Gasteiger charge is -2.39. The summed E-state index contributed by atoms with van der Waals surface area (Å²) in [5.41, 5.74) is -0.748. The van der Waals surface area contributed by atoms with Gasteiger partial charge < -0.3 is 24.7 Å². The minimum absolute atomic E-state index is 0.116. The lowest BCUT2D eigenvalue weighted by Crippen LogP contribution is -2.54. The first-order chi connectivity index (χ1) is 18.5. The van der Waals surface area contributed by atoms with Crippen LogP contribution in [0.2, 0.25) is 0 Å². The number of fused-ring (bicyclic) bond motifs is 3. The van der Waals surface area contributed by atoms with Gasteiger partial charge in [-0.3, -0.25) is 9.59 Å². The minimum atomic E-state index is -3.87. The Kier molecular flexibility index (Phi) is 9.05. The van der Waals surface area contributed by atoms with E-state index in [2.05, 4.69) is 9.97 Å². The molecule has 0 spiro atoms. The Balaban J connectivity index is 0.000000663. The summed E-state index contributed by atoms with van der Waals surface area (Å²) < 4.78 is 34.6. The quantitative estimate of drug-likeness (QED) is 0.352. The lowest BCUT2D eigenvalue weighted by molar-refractivity contribution is -0.137. The highest BCUT2D eigenvalue weighted by Crippen LogP contribution is 2.35. The molecule has 1 aliphatic rings. The molecule has 2 aromatic heterocycles. The molecule has 1 saturated carbocycles. The second-order valence-corrected chi connectivity index (χ2v) is 13.6. The average molecular weight is 577 g/mol. The molecule has 0 aliphatic heterocycles. The molecule has 11 nitrogen and oxygen atoms in total. The second kappa shape index (κ2) is 11.6. The number of carboxylic acid groups (broad SMARTS) is 1. The molecular weight excluding hydrogens is 536 g/mol. The van der Waals surface area contributed by atoms with Crippen LogP contribution < -0.4 is 5.56 Å². The van der Waals surface area contributed by atoms with Crippen molar-refractivity contribution in [3.05, 3.63) is 40.8 Å². The number of sulfonamides is 1. The number of nitrogens with zero attached hydrogens (tertiary/aromatic N) is 2. The predicted octanol–water partition coefficient (Wildman–Crippen LogP) is 4.68. The summed E-state index contributed by atoms with van der Waals surface area (Å²) in [6.45, 7) is 11.0. The Morgan fingerprint density at radius 3 is 2.27 bits per heavy atom. The Labute approximate surface area is 234 Å². The summed E-state index contributed by atoms with van der Waals surface area (Å²) in [6, 6.07) is 6.40. The van der Waals surface area contributed by atoms with Gasteiger partial charge in [0.25, 0.3) is 5.56 Å². The van der Waals surface area contributed by atoms with Gasteiger partial charge >= 0.3 is 12.1 Å². The van der Waals surface area contributed by atoms with Crippen LogP contribution in [0.5, 0.6) is 0 Å². The molecule has 1 aromatic carbocycles. The zero-order valence-corrected chi connectivity index (χ0v) is 25.0. The third-order valence-electron chi connectivity index (χ3n) is 6.65. The SMILES string of the molecule is CCCC(=O)O.CN(C(=O)OC(C)(C)C)C(C)(C)CN(C1CC1)S(=O)(=O)c1ccc2[nH]c(=O)c3[nH]ccc3c2c1. The summed E-state index contributed by atoms with van der Waals surface area (Å²) in [5, 5.41) is 9.23. The number of aromatic nitrogens is 2. The number of likely N-dealkylation sites (N-methyl/N-ethyl adjacent to an activating group) is 1. The van der Waals surface area contributed by atoms with Gasteiger partial charge in [0.15, 0.2) is 0 Å². The summed E-state index contributed by atoms with van der Waals surface area (Å²) in [5.74, 6) is -0.711. The van der Waals surface area contributed by atoms with Gasteiger partial charge in [0.05, 0.1) is 10.4 Å². The number of aliphatic carboxylic acids is 1. The van der Waals surface area contributed by atoms with Crippen molar-refractivity contribution in [1.82, 2.24) is 19.2 Å². The Hall–Kier alpha value is -3.38. The van der Waals surface area contributed by atoms with Gasteiger partial charge in [-0.05, 0) is 78.1 Å². The van der Waals surface area contributed by atoms with Crippen LogP contribution in [-0.4, -0.2) is 75.5 Å². The number of hydrogen-bond donors (Lipinski definition) is 3. The first-order valence-electron chi connectivity index (χ1n) is 13.3. The van der Waals surface area contributed by atoms with E-state index in [1.54, 1.807) is 52.2 Å². The largest absolute Gasteiger partial charge is 0.481 e. The molecule has 0 radical (unpaired) electrons. The summed E-state index contributed by atoms with van der Waals surface area (Å²) >= 11 is 0. The molecular formula is C28H40N4O7S. The molecule has 220 valence electrons. The maximum absolute atomic E-state index is 13.8. The van der Waals surface area contributed by atoms with Crippen LogP contribution in [0.25, 0.3) is 21.8 Å². The number of pyridine rings is 1. The molecule has 1 amide bonds. The normalized spacial score (nSPS) is 14.2. The van der Waals surface area contributed by atoms with Gasteiger partial charge in [-0.1, -0.05) is 6.92 Å². The maximum Gasteiger partial charge on any atom is 0.410 e. The fourth-order valence-electron chi connectivity index (χ4n) is 4.17. The third kappa shape index (κ3) is 7.22. The number of amides is 1. The first kappa shape index (κ1) is 31.2. The molecule has 0 saturated heterocycles. The van der Waals surface area contributed by atoms with Gasteiger partial charge in [-0.25, -0.2) is 13.2 Å². The standard InChI is InChI=1S/C24H32N4O5S.C4H8O2/c1-23(2,3)33-22(30)27(6)24(4,5)14-28(15-7-8-15)34(31,32)16-9-10-19-18(13-16)17-11-12-25-20(17)21(29)26-19;1-2-3-4(5)6/h9-13,15,25H,7-8,14H2,1-6H3,(H,26,29);2-3H2,1H3,(H,5,6). The average Bonchev–Trinajstić information content (AvgIpc) is 3.55. The molecule has 40 heavy (non-hydrogen) atoms. The number of H-pyrrole nitrogens is 2. The minimum Gasteiger partial charge on any atom is -0.481 e. The Morgan fingerprint density at radius 1 is 1.10 bits per heavy atom. The molecule has 12 heteroatoms. The van der Waals surface area contributed by atoms with Crippen LogP contribution >= 0.6 is 0 Å². The van der Waals surface area contributed by atoms with Crippen LogP contribution in [0.4, 0.5) is 4.79 Å². The molecule has 3 aromatic rings. The zero-order chi connectivity index (χ0) is 30.0. The summed E-state index contributed by atoms with van der Waals surface area (Å²) in [4.78, 5) is 41.8. The number of nitrogens with one attached hydrogen (secondary N) is 2. The third-order valence-corrected chi connectivity index (χ3v) is 8.54. The summed E-state index contributed by atoms with van der Waals surface area (Å²) in [7, 11) is -2.24. The van der Waals surface area contributed by atoms with Crippen molar-refractivity contribution in [3.8, 4) is 0 Å². The lowest BCUT2D eigenvalue weighted by atomic mass is 10.0. The monoisotopic (exact) mass is 576 g/mol. The van der Waals surface area contributed by atoms with Crippen molar-refractivity contribution >= 4 is 43.9 Å². The molecule has 0 bridgehead atoms. The molecule has 0 atom stereocenters. The second-order valence-electron chi connectivity index (χ2n) is 11.7. The van der Waals surface area contributed by atoms with Gasteiger partial charge in [0.1, 0.15) is 11.1 Å². The van der Waals surface area contributed by atoms with E-state index in [9.17, 15) is 22.8 Å². The van der Waals surface area contributed by atoms with Gasteiger partial charge in [-0.15, -0.1) is 0 Å². The molecule has 3 N–H and O–H groups in total. The molecule has 0 unspecified atom stereocenters. The Bertz CT molecular complexity index is 1550. The van der Waals surface area contributed by atoms with Gasteiger partial charge in [0.2, 0.25) is 10.0 Å². The number of carbonyl (C=O) groups is 2. The van der Waals surface area contributed by atoms with E-state index < -0.39 is 33.2 Å². The van der Waals surface area contributed by atoms with E-state index >= 15 is 0 Å². The van der Waals surface area contributed by atoms with E-state index in [-0.39, 0.29) is 23.0 Å². The highest BCUT2D eigenvalue weighted by Gasteiger charge is 2.43. The summed E-state index contributed by atoms with van der Waals surface area (Å²) in [6.07, 6.45) is 3.72. The van der Waals surface area contributed by atoms with E-state index in [0.717, 1.165) is 19.3 Å². The Morgan fingerprint density at radius 2 is 1.75 bits per heavy atom. The van der Waals surface area contributed by atoms with Crippen molar-refractivity contribution < 1.29 is 27.9 Å². The molecule has 2 heterocycles. The fraction of sp³-hybridized carbons (Fsp3) is 0.536. The zero-order valence-electron chi connectivity index (χ0n) is 24.2. The molecule has 1 aliphatic carbocycles. The van der Waals surface area contributed by atoms with Crippen molar-refractivity contribution in [3.63, 3.8) is 0 Å². The van der Waals surface area contributed by atoms with E-state index in [4.69, 9.17) is 9.84 Å². The number of carboxylic acids is 1. The van der Waals surface area contributed by atoms with Crippen molar-refractivity contribution in [2.75, 3.05) is 13.6 Å². The van der Waals surface area contributed by atoms with Crippen molar-refractivity contribution in [2.45, 2.75) is 89.3 Å². The van der Waals surface area contributed by atoms with E-state index in [1.165, 1.54) is 15.3 Å². The van der Waals surface area contributed by atoms with Crippen LogP contribution in [0.1, 0.15) is 67.2 Å². The maximum atomic E-state index is 13.8. The van der Waals surface area contributed by atoms with Crippen LogP contribution in [0.15, 0.2) is 40.2 Å². The molecule has 1 fully saturated rings. The smallest absolute Gasteiger partial charge is 0.410 e. The van der Waals surface area contributed by atoms with Gasteiger partial charge in [0, 0.05) is 48.5 Å². The van der Waals surface area contributed by atoms with E-state index in [1.807, 2.05) is 20.8 Å². The predicted molar refractivity (Wildman–Crippen MR) is 154 cm³/mol. The van der Waals surface area contributed by atoms with Gasteiger partial charge in [-0.2, -0.15) is 4.31 Å². The number of carbonyl (C=O) groups excluding carboxylic acids is 1. The highest BCUT2D eigenvalue weighted by atomic mass is 32.2. The number of ether oxygens (including phenoxy) is 1. The number of hydrogen-bond acceptors (Lipinski definition) is 6. The van der Waals surface area contributed by atoms with Crippen molar-refractivity contribution in [1.29, 1.82) is 0 Å². The number of benzene rings is 1. The van der Waals surface area contributed by atoms with Crippen LogP contribution in [-0.2, 0) is 19.6 Å². The first-order valence-corrected chi connectivity index (χ1v) is 14.8. The highest BCUT2D eigenvalue weighted by molar-refractivity contribution is 7.89. The fourth-order valence-corrected chi connectivity index (χ4v) is 6.04. The topological polar surface area (TPSA) is 153 Å². The van der Waals surface area contributed by atoms with Crippen LogP contribution in [0, 0.1) is 0 Å². The molecule has 4 rings (SSSR count). The number of rotatable bonds is 8. The number of aromatic amines is 2. The van der Waals surface area contributed by atoms with E-state index in [0.29, 0.717) is 28.2 Å². The van der Waals surface area contributed by atoms with Crippen molar-refractivity contribution in [2.24, 2.45) is 0 Å². The van der Waals surface area contributed by atoms with Crippen LogP contribution in [0.3, 0.4) is 0 Å².